The monoisotopic (exact) mass is 297 g/mol. The van der Waals surface area contributed by atoms with Crippen molar-refractivity contribution in [3.05, 3.63) is 10.4 Å². The van der Waals surface area contributed by atoms with Gasteiger partial charge in [0.25, 0.3) is 0 Å². The van der Waals surface area contributed by atoms with E-state index in [0.717, 1.165) is 15.8 Å². The second-order valence-corrected chi connectivity index (χ2v) is 6.09. The van der Waals surface area contributed by atoms with Crippen LogP contribution in [0, 0.1) is 13.8 Å². The van der Waals surface area contributed by atoms with E-state index in [1.54, 1.807) is 18.3 Å². The zero-order chi connectivity index (χ0) is 14.0. The molecule has 0 bridgehead atoms. The molecule has 7 heteroatoms. The predicted molar refractivity (Wildman–Crippen MR) is 78.7 cm³/mol. The van der Waals surface area contributed by atoms with E-state index < -0.39 is 0 Å². The normalized spacial score (nSPS) is 10.9. The number of thioether (sulfide) groups is 1. The highest BCUT2D eigenvalue weighted by molar-refractivity contribution is 7.99. The van der Waals surface area contributed by atoms with Crippen LogP contribution in [-0.2, 0) is 9.53 Å². The van der Waals surface area contributed by atoms with E-state index in [0.29, 0.717) is 17.6 Å². The van der Waals surface area contributed by atoms with Gasteiger partial charge in [0.05, 0.1) is 17.7 Å². The van der Waals surface area contributed by atoms with Gasteiger partial charge in [-0.25, -0.2) is 9.97 Å². The molecule has 0 spiro atoms. The van der Waals surface area contributed by atoms with E-state index in [1.165, 1.54) is 16.6 Å². The first-order valence-electron chi connectivity index (χ1n) is 5.84. The summed E-state index contributed by atoms with van der Waals surface area (Å²) in [7, 11) is 0. The Morgan fingerprint density at radius 1 is 1.42 bits per heavy atom. The SMILES string of the molecule is CCOC(=O)CSc1nc(N)c2c(C)c(C)sc2n1. The van der Waals surface area contributed by atoms with E-state index in [2.05, 4.69) is 9.97 Å². The third-order valence-electron chi connectivity index (χ3n) is 2.66. The number of ether oxygens (including phenoxy) is 1. The van der Waals surface area contributed by atoms with Gasteiger partial charge < -0.3 is 10.5 Å². The van der Waals surface area contributed by atoms with Crippen molar-refractivity contribution in [1.29, 1.82) is 0 Å². The van der Waals surface area contributed by atoms with Crippen molar-refractivity contribution in [3.8, 4) is 0 Å². The van der Waals surface area contributed by atoms with Gasteiger partial charge in [0.2, 0.25) is 0 Å². The molecule has 0 aliphatic rings. The second kappa shape index (κ2) is 5.75. The molecule has 0 saturated heterocycles. The van der Waals surface area contributed by atoms with Gasteiger partial charge >= 0.3 is 5.97 Å². The van der Waals surface area contributed by atoms with Gasteiger partial charge in [0, 0.05) is 4.88 Å². The molecule has 0 radical (unpaired) electrons. The van der Waals surface area contributed by atoms with Crippen LogP contribution >= 0.6 is 23.1 Å². The van der Waals surface area contributed by atoms with Crippen molar-refractivity contribution >= 4 is 45.1 Å². The van der Waals surface area contributed by atoms with Crippen molar-refractivity contribution in [1.82, 2.24) is 9.97 Å². The number of fused-ring (bicyclic) bond motifs is 1. The second-order valence-electron chi connectivity index (χ2n) is 3.95. The average molecular weight is 297 g/mol. The Kier molecular flexibility index (Phi) is 4.26. The molecular formula is C12H15N3O2S2. The number of nitrogens with zero attached hydrogens (tertiary/aromatic N) is 2. The van der Waals surface area contributed by atoms with Crippen molar-refractivity contribution in [2.24, 2.45) is 0 Å². The van der Waals surface area contributed by atoms with Crippen LogP contribution in [0.2, 0.25) is 0 Å². The molecule has 0 aliphatic carbocycles. The number of hydrogen-bond acceptors (Lipinski definition) is 7. The fourth-order valence-corrected chi connectivity index (χ4v) is 3.39. The van der Waals surface area contributed by atoms with Gasteiger partial charge in [0.1, 0.15) is 10.6 Å². The van der Waals surface area contributed by atoms with Crippen LogP contribution in [0.15, 0.2) is 5.16 Å². The van der Waals surface area contributed by atoms with E-state index in [1.807, 2.05) is 13.8 Å². The Bertz CT molecular complexity index is 625. The number of anilines is 1. The zero-order valence-corrected chi connectivity index (χ0v) is 12.7. The molecule has 0 aliphatic heterocycles. The average Bonchev–Trinajstić information content (AvgIpc) is 2.63. The largest absolute Gasteiger partial charge is 0.465 e. The summed E-state index contributed by atoms with van der Waals surface area (Å²) in [6, 6.07) is 0. The molecule has 2 heterocycles. The highest BCUT2D eigenvalue weighted by Gasteiger charge is 2.13. The maximum atomic E-state index is 11.3. The lowest BCUT2D eigenvalue weighted by Crippen LogP contribution is -2.07. The predicted octanol–water partition coefficient (Wildman–Crippen LogP) is 2.55. The lowest BCUT2D eigenvalue weighted by Gasteiger charge is -2.03. The Hall–Kier alpha value is -1.34. The lowest BCUT2D eigenvalue weighted by atomic mass is 10.2. The summed E-state index contributed by atoms with van der Waals surface area (Å²) < 4.78 is 4.86. The molecule has 5 nitrogen and oxygen atoms in total. The summed E-state index contributed by atoms with van der Waals surface area (Å²) in [5.41, 5.74) is 7.09. The Balaban J connectivity index is 2.24. The molecule has 2 aromatic heterocycles. The van der Waals surface area contributed by atoms with Gasteiger partial charge in [-0.2, -0.15) is 0 Å². The van der Waals surface area contributed by atoms with Crippen LogP contribution < -0.4 is 5.73 Å². The van der Waals surface area contributed by atoms with Crippen molar-refractivity contribution in [2.75, 3.05) is 18.1 Å². The summed E-state index contributed by atoms with van der Waals surface area (Å²) >= 11 is 2.83. The topological polar surface area (TPSA) is 78.1 Å². The molecule has 0 saturated carbocycles. The van der Waals surface area contributed by atoms with Crippen LogP contribution in [0.4, 0.5) is 5.82 Å². The molecule has 19 heavy (non-hydrogen) atoms. The fraction of sp³-hybridized carbons (Fsp3) is 0.417. The minimum atomic E-state index is -0.270. The van der Waals surface area contributed by atoms with Gasteiger partial charge in [-0.15, -0.1) is 11.3 Å². The van der Waals surface area contributed by atoms with Gasteiger partial charge in [-0.3, -0.25) is 4.79 Å². The molecule has 2 aromatic rings. The van der Waals surface area contributed by atoms with Crippen LogP contribution in [0.25, 0.3) is 10.2 Å². The third kappa shape index (κ3) is 2.98. The highest BCUT2D eigenvalue weighted by atomic mass is 32.2. The minimum Gasteiger partial charge on any atom is -0.465 e. The van der Waals surface area contributed by atoms with Gasteiger partial charge in [-0.1, -0.05) is 11.8 Å². The minimum absolute atomic E-state index is 0.197. The molecule has 0 atom stereocenters. The van der Waals surface area contributed by atoms with Crippen LogP contribution in [-0.4, -0.2) is 28.3 Å². The number of thiophene rings is 1. The Morgan fingerprint density at radius 2 is 2.16 bits per heavy atom. The van der Waals surface area contributed by atoms with E-state index in [-0.39, 0.29) is 11.7 Å². The Labute approximate surface area is 119 Å². The fourth-order valence-electron chi connectivity index (χ4n) is 1.65. The van der Waals surface area contributed by atoms with Crippen LogP contribution in [0.3, 0.4) is 0 Å². The lowest BCUT2D eigenvalue weighted by molar-refractivity contribution is -0.139. The summed E-state index contributed by atoms with van der Waals surface area (Å²) in [4.78, 5) is 22.0. The molecule has 0 aromatic carbocycles. The van der Waals surface area contributed by atoms with Gasteiger partial charge in [-0.05, 0) is 26.3 Å². The number of carbonyl (C=O) groups is 1. The quantitative estimate of drug-likeness (QED) is 0.531. The number of esters is 1. The highest BCUT2D eigenvalue weighted by Crippen LogP contribution is 2.33. The number of rotatable bonds is 4. The van der Waals surface area contributed by atoms with Crippen molar-refractivity contribution in [2.45, 2.75) is 25.9 Å². The molecule has 0 unspecified atom stereocenters. The molecule has 2 rings (SSSR count). The standard InChI is InChI=1S/C12H15N3O2S2/c1-4-17-8(16)5-18-12-14-10(13)9-6(2)7(3)19-11(9)15-12/h4-5H2,1-3H3,(H2,13,14,15). The molecule has 0 amide bonds. The van der Waals surface area contributed by atoms with E-state index in [9.17, 15) is 4.79 Å². The number of aromatic nitrogens is 2. The number of nitrogens with two attached hydrogens (primary N) is 1. The number of hydrogen-bond donors (Lipinski definition) is 1. The van der Waals surface area contributed by atoms with Crippen LogP contribution in [0.5, 0.6) is 0 Å². The molecule has 2 N–H and O–H groups in total. The first kappa shape index (κ1) is 14.1. The van der Waals surface area contributed by atoms with Gasteiger partial charge in [0.15, 0.2) is 5.16 Å². The number of carbonyl (C=O) groups excluding carboxylic acids is 1. The van der Waals surface area contributed by atoms with E-state index in [4.69, 9.17) is 10.5 Å². The van der Waals surface area contributed by atoms with Crippen molar-refractivity contribution < 1.29 is 9.53 Å². The summed E-state index contributed by atoms with van der Waals surface area (Å²) in [5, 5.41) is 1.43. The number of nitrogen functional groups attached to an aromatic ring is 1. The first-order valence-corrected chi connectivity index (χ1v) is 7.64. The van der Waals surface area contributed by atoms with Crippen LogP contribution in [0.1, 0.15) is 17.4 Å². The molecule has 102 valence electrons. The van der Waals surface area contributed by atoms with Crippen molar-refractivity contribution in [3.63, 3.8) is 0 Å². The zero-order valence-electron chi connectivity index (χ0n) is 11.0. The third-order valence-corrected chi connectivity index (χ3v) is 4.58. The maximum absolute atomic E-state index is 11.3. The smallest absolute Gasteiger partial charge is 0.316 e. The molecular weight excluding hydrogens is 282 g/mol. The number of aryl methyl sites for hydroxylation is 2. The Morgan fingerprint density at radius 3 is 2.84 bits per heavy atom. The molecule has 0 fully saturated rings. The summed E-state index contributed by atoms with van der Waals surface area (Å²) in [6.07, 6.45) is 0. The first-order chi connectivity index (χ1) is 9.02. The summed E-state index contributed by atoms with van der Waals surface area (Å²) in [6.45, 7) is 6.21. The van der Waals surface area contributed by atoms with E-state index >= 15 is 0 Å². The maximum Gasteiger partial charge on any atom is 0.316 e. The summed E-state index contributed by atoms with van der Waals surface area (Å²) in [5.74, 6) is 0.397.